The summed E-state index contributed by atoms with van der Waals surface area (Å²) in [6, 6.07) is 6.48. The lowest BCUT2D eigenvalue weighted by Crippen LogP contribution is -2.44. The van der Waals surface area contributed by atoms with Gasteiger partial charge >= 0.3 is 0 Å². The summed E-state index contributed by atoms with van der Waals surface area (Å²) in [5.41, 5.74) is 2.58. The van der Waals surface area contributed by atoms with Gasteiger partial charge in [-0.05, 0) is 31.2 Å². The van der Waals surface area contributed by atoms with E-state index in [4.69, 9.17) is 15.3 Å². The van der Waals surface area contributed by atoms with E-state index in [9.17, 15) is 9.59 Å². The highest BCUT2D eigenvalue weighted by atomic mass is 16.5. The highest BCUT2D eigenvalue weighted by Crippen LogP contribution is 2.14. The highest BCUT2D eigenvalue weighted by Gasteiger charge is 2.19. The molecule has 1 aromatic rings. The van der Waals surface area contributed by atoms with E-state index in [-0.39, 0.29) is 12.4 Å². The third-order valence-corrected chi connectivity index (χ3v) is 2.29. The molecule has 6 heteroatoms. The molecule has 1 atom stereocenters. The summed E-state index contributed by atoms with van der Waals surface area (Å²) >= 11 is 0. The molecule has 0 heterocycles. The topological polar surface area (TPSA) is 90.6 Å². The van der Waals surface area contributed by atoms with Crippen LogP contribution in [0, 0.1) is 0 Å². The van der Waals surface area contributed by atoms with Crippen molar-refractivity contribution in [3.63, 3.8) is 0 Å². The van der Waals surface area contributed by atoms with Crippen LogP contribution >= 0.6 is 0 Å². The first-order valence-corrected chi connectivity index (χ1v) is 5.35. The van der Waals surface area contributed by atoms with E-state index in [2.05, 4.69) is 0 Å². The molecule has 98 valence electrons. The zero-order chi connectivity index (χ0) is 13.5. The average Bonchev–Trinajstić information content (AvgIpc) is 2.38. The maximum absolute atomic E-state index is 11.4. The lowest BCUT2D eigenvalue weighted by molar-refractivity contribution is -0.130. The Morgan fingerprint density at radius 1 is 1.33 bits per heavy atom. The fraction of sp³-hybridized carbons (Fsp3) is 0.333. The molecule has 0 radical (unpaired) electrons. The number of rotatable bonds is 6. The number of hydrogen-bond acceptors (Lipinski definition) is 5. The summed E-state index contributed by atoms with van der Waals surface area (Å²) in [5.74, 6) is 4.99. The fourth-order valence-corrected chi connectivity index (χ4v) is 1.34. The van der Waals surface area contributed by atoms with E-state index < -0.39 is 12.0 Å². The third kappa shape index (κ3) is 3.83. The van der Waals surface area contributed by atoms with Crippen molar-refractivity contribution in [2.75, 3.05) is 13.7 Å². The molecule has 0 aliphatic heterocycles. The molecule has 0 aliphatic carbocycles. The van der Waals surface area contributed by atoms with Crippen molar-refractivity contribution in [2.45, 2.75) is 13.0 Å². The Labute approximate surface area is 105 Å². The van der Waals surface area contributed by atoms with E-state index in [0.717, 1.165) is 0 Å². The molecule has 0 aliphatic rings. The van der Waals surface area contributed by atoms with Crippen molar-refractivity contribution in [3.8, 4) is 5.75 Å². The van der Waals surface area contributed by atoms with Gasteiger partial charge in [0.2, 0.25) is 6.10 Å². The minimum atomic E-state index is -0.830. The van der Waals surface area contributed by atoms with E-state index >= 15 is 0 Å². The Morgan fingerprint density at radius 3 is 2.39 bits per heavy atom. The Kier molecular flexibility index (Phi) is 5.29. The number of carbonyl (C=O) groups excluding carboxylic acids is 2. The van der Waals surface area contributed by atoms with Crippen LogP contribution in [0.4, 0.5) is 0 Å². The van der Waals surface area contributed by atoms with Crippen LogP contribution in [0.5, 0.6) is 5.75 Å². The summed E-state index contributed by atoms with van der Waals surface area (Å²) in [5, 5.41) is 0. The molecule has 1 aromatic carbocycles. The van der Waals surface area contributed by atoms with Crippen LogP contribution in [0.1, 0.15) is 17.3 Å². The molecule has 1 amide bonds. The second-order valence-corrected chi connectivity index (χ2v) is 3.65. The molecule has 0 fully saturated rings. The zero-order valence-corrected chi connectivity index (χ0v) is 10.3. The van der Waals surface area contributed by atoms with Crippen LogP contribution in [-0.4, -0.2) is 31.5 Å². The first-order valence-electron chi connectivity index (χ1n) is 5.35. The van der Waals surface area contributed by atoms with Gasteiger partial charge in [0.05, 0.1) is 6.61 Å². The quantitative estimate of drug-likeness (QED) is 0.328. The molecule has 0 spiro atoms. The van der Waals surface area contributed by atoms with Crippen LogP contribution in [0.15, 0.2) is 24.3 Å². The Bertz CT molecular complexity index is 417. The monoisotopic (exact) mass is 252 g/mol. The number of amides is 1. The van der Waals surface area contributed by atoms with Crippen LogP contribution in [-0.2, 0) is 9.53 Å². The smallest absolute Gasteiger partial charge is 0.277 e. The van der Waals surface area contributed by atoms with Crippen LogP contribution in [0.3, 0.4) is 0 Å². The van der Waals surface area contributed by atoms with Crippen LogP contribution in [0.2, 0.25) is 0 Å². The van der Waals surface area contributed by atoms with Gasteiger partial charge in [0.15, 0.2) is 5.78 Å². The number of nitrogens with one attached hydrogen (secondary N) is 1. The molecule has 0 bridgehead atoms. The summed E-state index contributed by atoms with van der Waals surface area (Å²) in [6.45, 7) is 1.56. The van der Waals surface area contributed by atoms with Crippen molar-refractivity contribution in [1.29, 1.82) is 0 Å². The summed E-state index contributed by atoms with van der Waals surface area (Å²) in [4.78, 5) is 22.5. The molecular weight excluding hydrogens is 236 g/mol. The molecular formula is C12H16N2O4. The maximum atomic E-state index is 11.4. The predicted molar refractivity (Wildman–Crippen MR) is 65.1 cm³/mol. The van der Waals surface area contributed by atoms with Gasteiger partial charge in [-0.15, -0.1) is 0 Å². The van der Waals surface area contributed by atoms with Gasteiger partial charge in [-0.25, -0.2) is 5.84 Å². The molecule has 0 saturated heterocycles. The van der Waals surface area contributed by atoms with Crippen molar-refractivity contribution >= 4 is 11.7 Å². The number of nitrogens with two attached hydrogens (primary N) is 1. The summed E-state index contributed by atoms with van der Waals surface area (Å²) in [6.07, 6.45) is -0.830. The maximum Gasteiger partial charge on any atom is 0.277 e. The molecule has 3 N–H and O–H groups in total. The van der Waals surface area contributed by atoms with Gasteiger partial charge in [-0.3, -0.25) is 15.0 Å². The Morgan fingerprint density at radius 2 is 1.94 bits per heavy atom. The van der Waals surface area contributed by atoms with E-state index in [1.807, 2.05) is 5.43 Å². The minimum Gasteiger partial charge on any atom is -0.478 e. The van der Waals surface area contributed by atoms with Crippen molar-refractivity contribution < 1.29 is 19.1 Å². The normalized spacial score (nSPS) is 11.7. The molecule has 0 aromatic heterocycles. The van der Waals surface area contributed by atoms with Crippen LogP contribution in [0.25, 0.3) is 0 Å². The molecule has 6 nitrogen and oxygen atoms in total. The first-order chi connectivity index (χ1) is 8.58. The van der Waals surface area contributed by atoms with Crippen molar-refractivity contribution in [2.24, 2.45) is 5.84 Å². The Balaban J connectivity index is 2.74. The van der Waals surface area contributed by atoms with E-state index in [1.54, 1.807) is 24.3 Å². The zero-order valence-electron chi connectivity index (χ0n) is 10.3. The minimum absolute atomic E-state index is 0.0327. The van der Waals surface area contributed by atoms with E-state index in [0.29, 0.717) is 11.3 Å². The van der Waals surface area contributed by atoms with Gasteiger partial charge in [-0.1, -0.05) is 0 Å². The van der Waals surface area contributed by atoms with E-state index in [1.165, 1.54) is 14.0 Å². The highest BCUT2D eigenvalue weighted by molar-refractivity contribution is 5.94. The largest absolute Gasteiger partial charge is 0.478 e. The number of carbonyl (C=O) groups is 2. The van der Waals surface area contributed by atoms with Gasteiger partial charge in [0.1, 0.15) is 5.75 Å². The lowest BCUT2D eigenvalue weighted by atomic mass is 10.1. The number of ether oxygens (including phenoxy) is 2. The van der Waals surface area contributed by atoms with Gasteiger partial charge in [-0.2, -0.15) is 0 Å². The number of ketones is 1. The second kappa shape index (κ2) is 6.73. The van der Waals surface area contributed by atoms with Gasteiger partial charge < -0.3 is 9.47 Å². The SMILES string of the molecule is COCC(Oc1ccc(C(C)=O)cc1)C(=O)NN. The van der Waals surface area contributed by atoms with Crippen molar-refractivity contribution in [1.82, 2.24) is 5.43 Å². The average molecular weight is 252 g/mol. The third-order valence-electron chi connectivity index (χ3n) is 2.29. The fourth-order valence-electron chi connectivity index (χ4n) is 1.34. The number of hydrazine groups is 1. The molecule has 0 saturated carbocycles. The second-order valence-electron chi connectivity index (χ2n) is 3.65. The van der Waals surface area contributed by atoms with Gasteiger partial charge in [0.25, 0.3) is 5.91 Å². The number of benzene rings is 1. The lowest BCUT2D eigenvalue weighted by Gasteiger charge is -2.16. The number of Topliss-reactive ketones (excluding diaryl/α,β-unsaturated/α-hetero) is 1. The number of hydrogen-bond donors (Lipinski definition) is 2. The molecule has 18 heavy (non-hydrogen) atoms. The van der Waals surface area contributed by atoms with Gasteiger partial charge in [0, 0.05) is 12.7 Å². The summed E-state index contributed by atoms with van der Waals surface area (Å²) in [7, 11) is 1.46. The van der Waals surface area contributed by atoms with Crippen LogP contribution < -0.4 is 16.0 Å². The standard InChI is InChI=1S/C12H16N2O4/c1-8(15)9-3-5-10(6-4-9)18-11(7-17-2)12(16)14-13/h3-6,11H,7,13H2,1-2H3,(H,14,16). The predicted octanol–water partition coefficient (Wildman–Crippen LogP) is 0.273. The first kappa shape index (κ1) is 14.1. The molecule has 1 rings (SSSR count). The van der Waals surface area contributed by atoms with Crippen molar-refractivity contribution in [3.05, 3.63) is 29.8 Å². The summed E-state index contributed by atoms with van der Waals surface area (Å²) < 4.78 is 10.3. The Hall–Kier alpha value is -1.92. The number of methoxy groups -OCH3 is 1. The molecule has 1 unspecified atom stereocenters.